The number of aromatic amines is 1. The van der Waals surface area contributed by atoms with E-state index in [-0.39, 0.29) is 12.1 Å². The van der Waals surface area contributed by atoms with Gasteiger partial charge in [-0.2, -0.15) is 0 Å². The minimum absolute atomic E-state index is 0.0760. The van der Waals surface area contributed by atoms with Gasteiger partial charge in [-0.15, -0.1) is 10.2 Å². The van der Waals surface area contributed by atoms with E-state index in [1.807, 2.05) is 12.1 Å². The average Bonchev–Trinajstić information content (AvgIpc) is 3.40. The lowest BCUT2D eigenvalue weighted by Gasteiger charge is -2.22. The van der Waals surface area contributed by atoms with Crippen molar-refractivity contribution in [2.45, 2.75) is 26.3 Å². The summed E-state index contributed by atoms with van der Waals surface area (Å²) >= 11 is 3.23. The Labute approximate surface area is 185 Å². The van der Waals surface area contributed by atoms with Gasteiger partial charge in [0, 0.05) is 21.1 Å². The monoisotopic (exact) mass is 487 g/mol. The van der Waals surface area contributed by atoms with E-state index < -0.39 is 11.7 Å². The summed E-state index contributed by atoms with van der Waals surface area (Å²) in [4.78, 5) is 21.9. The highest BCUT2D eigenvalue weighted by Crippen LogP contribution is 2.26. The average molecular weight is 488 g/mol. The van der Waals surface area contributed by atoms with E-state index in [0.717, 1.165) is 23.7 Å². The first-order chi connectivity index (χ1) is 15.0. The number of hydrogen-bond acceptors (Lipinski definition) is 6. The van der Waals surface area contributed by atoms with Crippen LogP contribution in [0.15, 0.2) is 47.1 Å². The number of amides is 1. The third-order valence-electron chi connectivity index (χ3n) is 4.59. The Morgan fingerprint density at radius 3 is 2.90 bits per heavy atom. The van der Waals surface area contributed by atoms with E-state index in [1.165, 1.54) is 21.9 Å². The maximum absolute atomic E-state index is 13.9. The van der Waals surface area contributed by atoms with Gasteiger partial charge in [0.2, 0.25) is 0 Å². The topological polar surface area (TPSA) is 102 Å². The standard InChI is InChI=1S/C20H19BrFN7O2/c1-2-3-6-31-29-18-5-4-17(9-14(18)11-23-29)28(12-19-24-26-27-25-19)20(30)13-7-15(21)10-16(22)8-13/h4-5,7-11H,2-3,6,12H2,1H3,(H,24,25,26,27). The van der Waals surface area contributed by atoms with Crippen LogP contribution in [0.4, 0.5) is 10.1 Å². The maximum atomic E-state index is 13.9. The van der Waals surface area contributed by atoms with Gasteiger partial charge in [-0.25, -0.2) is 9.49 Å². The number of hydrogen-bond donors (Lipinski definition) is 1. The van der Waals surface area contributed by atoms with Crippen molar-refractivity contribution in [2.24, 2.45) is 0 Å². The zero-order chi connectivity index (χ0) is 21.8. The van der Waals surface area contributed by atoms with E-state index in [1.54, 1.807) is 18.3 Å². The summed E-state index contributed by atoms with van der Waals surface area (Å²) in [7, 11) is 0. The molecule has 2 aromatic heterocycles. The Morgan fingerprint density at radius 2 is 2.16 bits per heavy atom. The molecule has 0 radical (unpaired) electrons. The van der Waals surface area contributed by atoms with E-state index in [0.29, 0.717) is 22.6 Å². The SMILES string of the molecule is CCCCOn1ncc2cc(N(Cc3nnn[nH]3)C(=O)c3cc(F)cc(Br)c3)ccc21. The predicted molar refractivity (Wildman–Crippen MR) is 115 cm³/mol. The second-order valence-electron chi connectivity index (χ2n) is 6.84. The summed E-state index contributed by atoms with van der Waals surface area (Å²) in [5, 5.41) is 18.7. The number of fused-ring (bicyclic) bond motifs is 1. The van der Waals surface area contributed by atoms with Crippen LogP contribution in [0.3, 0.4) is 0 Å². The lowest BCUT2D eigenvalue weighted by Crippen LogP contribution is -2.31. The zero-order valence-electron chi connectivity index (χ0n) is 16.6. The number of halogens is 2. The van der Waals surface area contributed by atoms with Crippen molar-refractivity contribution in [3.63, 3.8) is 0 Å². The Hall–Kier alpha value is -3.34. The molecule has 1 N–H and O–H groups in total. The number of nitrogens with one attached hydrogen (secondary N) is 1. The molecular weight excluding hydrogens is 469 g/mol. The summed E-state index contributed by atoms with van der Waals surface area (Å²) in [5.74, 6) is -0.523. The second kappa shape index (κ2) is 9.21. The molecule has 4 aromatic rings. The van der Waals surface area contributed by atoms with Crippen LogP contribution in [0.2, 0.25) is 0 Å². The van der Waals surface area contributed by atoms with Crippen molar-refractivity contribution in [1.29, 1.82) is 0 Å². The third kappa shape index (κ3) is 4.71. The molecule has 2 aromatic carbocycles. The molecule has 0 saturated heterocycles. The molecule has 0 aliphatic heterocycles. The smallest absolute Gasteiger partial charge is 0.258 e. The minimum Gasteiger partial charge on any atom is -0.396 e. The van der Waals surface area contributed by atoms with Crippen molar-refractivity contribution < 1.29 is 14.0 Å². The van der Waals surface area contributed by atoms with Gasteiger partial charge in [0.1, 0.15) is 17.9 Å². The summed E-state index contributed by atoms with van der Waals surface area (Å²) in [6.45, 7) is 2.73. The van der Waals surface area contributed by atoms with E-state index >= 15 is 0 Å². The van der Waals surface area contributed by atoms with E-state index in [9.17, 15) is 9.18 Å². The molecule has 1 amide bonds. The van der Waals surface area contributed by atoms with Crippen LogP contribution in [0.1, 0.15) is 35.9 Å². The van der Waals surface area contributed by atoms with E-state index in [4.69, 9.17) is 4.84 Å². The van der Waals surface area contributed by atoms with Gasteiger partial charge >= 0.3 is 0 Å². The molecule has 0 fully saturated rings. The van der Waals surface area contributed by atoms with Crippen molar-refractivity contribution in [3.8, 4) is 0 Å². The molecule has 0 bridgehead atoms. The zero-order valence-corrected chi connectivity index (χ0v) is 18.2. The van der Waals surface area contributed by atoms with Crippen LogP contribution in [-0.4, -0.2) is 43.1 Å². The van der Waals surface area contributed by atoms with Crippen molar-refractivity contribution in [1.82, 2.24) is 30.6 Å². The Bertz CT molecular complexity index is 1180. The second-order valence-corrected chi connectivity index (χ2v) is 7.76. The van der Waals surface area contributed by atoms with Gasteiger partial charge in [0.15, 0.2) is 5.82 Å². The van der Waals surface area contributed by atoms with E-state index in [2.05, 4.69) is 48.6 Å². The number of benzene rings is 2. The predicted octanol–water partition coefficient (Wildman–Crippen LogP) is 3.53. The lowest BCUT2D eigenvalue weighted by molar-refractivity contribution is 0.0897. The molecule has 0 aliphatic carbocycles. The van der Waals surface area contributed by atoms with Crippen LogP contribution < -0.4 is 9.74 Å². The molecule has 0 saturated carbocycles. The lowest BCUT2D eigenvalue weighted by atomic mass is 10.1. The highest BCUT2D eigenvalue weighted by molar-refractivity contribution is 9.10. The van der Waals surface area contributed by atoms with Gasteiger partial charge in [0.25, 0.3) is 5.91 Å². The normalized spacial score (nSPS) is 11.1. The summed E-state index contributed by atoms with van der Waals surface area (Å²) < 4.78 is 14.4. The molecule has 2 heterocycles. The van der Waals surface area contributed by atoms with Crippen LogP contribution >= 0.6 is 15.9 Å². The fourth-order valence-electron chi connectivity index (χ4n) is 3.07. The van der Waals surface area contributed by atoms with Gasteiger partial charge < -0.3 is 9.74 Å². The fraction of sp³-hybridized carbons (Fsp3) is 0.250. The number of tetrazole rings is 1. The first kappa shape index (κ1) is 20.9. The largest absolute Gasteiger partial charge is 0.396 e. The molecule has 0 unspecified atom stereocenters. The number of aromatic nitrogens is 6. The van der Waals surface area contributed by atoms with Crippen LogP contribution in [0.5, 0.6) is 0 Å². The third-order valence-corrected chi connectivity index (χ3v) is 5.05. The quantitative estimate of drug-likeness (QED) is 0.381. The maximum Gasteiger partial charge on any atom is 0.258 e. The Morgan fingerprint density at radius 1 is 1.29 bits per heavy atom. The molecule has 9 nitrogen and oxygen atoms in total. The first-order valence-corrected chi connectivity index (χ1v) is 10.5. The number of unbranched alkanes of at least 4 members (excludes halogenated alkanes) is 1. The molecule has 31 heavy (non-hydrogen) atoms. The van der Waals surface area contributed by atoms with Crippen molar-refractivity contribution in [3.05, 3.63) is 64.3 Å². The van der Waals surface area contributed by atoms with Gasteiger partial charge in [-0.1, -0.05) is 34.1 Å². The highest BCUT2D eigenvalue weighted by atomic mass is 79.9. The van der Waals surface area contributed by atoms with Gasteiger partial charge in [-0.05, 0) is 53.2 Å². The molecule has 160 valence electrons. The Kier molecular flexibility index (Phi) is 6.21. The Balaban J connectivity index is 1.69. The number of nitrogens with zero attached hydrogens (tertiary/aromatic N) is 6. The fourth-order valence-corrected chi connectivity index (χ4v) is 3.54. The molecule has 0 spiro atoms. The summed E-state index contributed by atoms with van der Waals surface area (Å²) in [6, 6.07) is 9.47. The number of carbonyl (C=O) groups excluding carboxylic acids is 1. The molecule has 0 atom stereocenters. The van der Waals surface area contributed by atoms with Crippen LogP contribution in [0.25, 0.3) is 10.9 Å². The molecular formula is C20H19BrFN7O2. The first-order valence-electron chi connectivity index (χ1n) is 9.67. The minimum atomic E-state index is -0.514. The van der Waals surface area contributed by atoms with Crippen LogP contribution in [0, 0.1) is 5.82 Å². The van der Waals surface area contributed by atoms with Gasteiger partial charge in [0.05, 0.1) is 12.7 Å². The van der Waals surface area contributed by atoms with Gasteiger partial charge in [-0.3, -0.25) is 4.79 Å². The molecule has 0 aliphatic rings. The molecule has 11 heteroatoms. The number of carbonyl (C=O) groups is 1. The number of H-pyrrole nitrogens is 1. The van der Waals surface area contributed by atoms with Crippen molar-refractivity contribution in [2.75, 3.05) is 11.5 Å². The summed E-state index contributed by atoms with van der Waals surface area (Å²) in [5.41, 5.74) is 1.56. The van der Waals surface area contributed by atoms with Crippen molar-refractivity contribution >= 4 is 38.4 Å². The highest BCUT2D eigenvalue weighted by Gasteiger charge is 2.22. The van der Waals surface area contributed by atoms with Crippen LogP contribution in [-0.2, 0) is 6.54 Å². The molecule has 4 rings (SSSR count). The number of anilines is 1. The summed E-state index contributed by atoms with van der Waals surface area (Å²) in [6.07, 6.45) is 3.62. The number of rotatable bonds is 8.